The number of carboxylic acids is 1. The van der Waals surface area contributed by atoms with E-state index in [9.17, 15) is 19.5 Å². The molecule has 9 nitrogen and oxygen atoms in total. The number of hydrogen-bond donors (Lipinski definition) is 1. The third kappa shape index (κ3) is 5.28. The lowest BCUT2D eigenvalue weighted by molar-refractivity contribution is -0.136. The quantitative estimate of drug-likeness (QED) is 0.393. The molecule has 2 aromatic carbocycles. The van der Waals surface area contributed by atoms with Crippen LogP contribution in [0.3, 0.4) is 0 Å². The van der Waals surface area contributed by atoms with Crippen molar-refractivity contribution in [3.05, 3.63) is 91.5 Å². The van der Waals surface area contributed by atoms with Gasteiger partial charge in [-0.1, -0.05) is 24.3 Å². The van der Waals surface area contributed by atoms with E-state index in [0.29, 0.717) is 34.6 Å². The molecule has 2 aliphatic rings. The highest BCUT2D eigenvalue weighted by Gasteiger charge is 2.41. The topological polar surface area (TPSA) is 95.3 Å². The van der Waals surface area contributed by atoms with E-state index in [1.807, 2.05) is 56.3 Å². The van der Waals surface area contributed by atoms with Crippen LogP contribution in [0.15, 0.2) is 71.2 Å². The van der Waals surface area contributed by atoms with E-state index in [-0.39, 0.29) is 16.4 Å². The molecule has 3 aromatic rings. The molecule has 1 saturated heterocycles. The number of carbonyl (C=O) groups excluding carboxylic acids is 1. The fraction of sp³-hybridized carbons (Fsp3) is 0.226. The average molecular weight is 603 g/mol. The van der Waals surface area contributed by atoms with E-state index in [4.69, 9.17) is 17.0 Å². The molecule has 1 fully saturated rings. The number of allylic oxidation sites excluding steroid dienone is 2. The van der Waals surface area contributed by atoms with Crippen LogP contribution in [-0.4, -0.2) is 51.3 Å². The molecule has 2 aliphatic heterocycles. The first-order chi connectivity index (χ1) is 20.3. The minimum atomic E-state index is -1.14. The van der Waals surface area contributed by atoms with E-state index in [2.05, 4.69) is 11.8 Å². The predicted molar refractivity (Wildman–Crippen MR) is 170 cm³/mol. The number of carbonyl (C=O) groups is 2. The number of anilines is 2. The zero-order valence-electron chi connectivity index (χ0n) is 23.4. The molecule has 5 rings (SSSR count). The average Bonchev–Trinajstić information content (AvgIpc) is 3.42. The third-order valence-corrected chi connectivity index (χ3v) is 8.44. The standard InChI is InChI=1S/C31H30N4O5S2/c1-4-32-21(13-12-20-18-23(40-6-3)15-16-24(20)32)14-17-25-28(38)33(5-2)30(42-25)27-29(39)35(22-10-8-7-9-11-22)31(41)34(27)19-26(36)37/h7-18H,4-6,19H2,1-3H3,(H,36,37). The lowest BCUT2D eigenvalue weighted by atomic mass is 10.1. The van der Waals surface area contributed by atoms with E-state index in [0.717, 1.165) is 34.0 Å². The van der Waals surface area contributed by atoms with Crippen LogP contribution in [-0.2, 0) is 16.1 Å². The highest BCUT2D eigenvalue weighted by molar-refractivity contribution is 7.80. The number of amides is 1. The first kappa shape index (κ1) is 29.0. The molecule has 3 heterocycles. The maximum Gasteiger partial charge on any atom is 0.323 e. The number of thiocarbonyl (C=S) groups is 1. The van der Waals surface area contributed by atoms with Crippen LogP contribution < -0.4 is 29.3 Å². The summed E-state index contributed by atoms with van der Waals surface area (Å²) in [5.74, 6) is -0.812. The van der Waals surface area contributed by atoms with Crippen LogP contribution in [0.2, 0.25) is 0 Å². The largest absolute Gasteiger partial charge is 0.494 e. The van der Waals surface area contributed by atoms with Crippen LogP contribution in [0, 0.1) is 0 Å². The van der Waals surface area contributed by atoms with Crippen LogP contribution in [0.25, 0.3) is 17.8 Å². The number of hydrogen-bond acceptors (Lipinski definition) is 7. The molecule has 1 amide bonds. The summed E-state index contributed by atoms with van der Waals surface area (Å²) in [7, 11) is 0. The van der Waals surface area contributed by atoms with E-state index < -0.39 is 18.4 Å². The van der Waals surface area contributed by atoms with Gasteiger partial charge in [-0.05, 0) is 81.5 Å². The molecular weight excluding hydrogens is 572 g/mol. The van der Waals surface area contributed by atoms with Gasteiger partial charge in [0.05, 0.1) is 16.8 Å². The van der Waals surface area contributed by atoms with Gasteiger partial charge < -0.3 is 14.7 Å². The summed E-state index contributed by atoms with van der Waals surface area (Å²) in [6.45, 7) is 6.90. The molecule has 0 unspecified atom stereocenters. The van der Waals surface area contributed by atoms with Crippen molar-refractivity contribution in [3.63, 3.8) is 0 Å². The number of ether oxygens (including phenoxy) is 1. The molecule has 216 valence electrons. The molecule has 0 spiro atoms. The number of para-hydroxylation sites is 1. The molecule has 0 atom stereocenters. The second kappa shape index (κ2) is 12.2. The number of aliphatic carboxylic acids is 1. The predicted octanol–water partition coefficient (Wildman–Crippen LogP) is 3.37. The summed E-state index contributed by atoms with van der Waals surface area (Å²) in [6.07, 6.45) is 7.64. The maximum atomic E-state index is 13.8. The van der Waals surface area contributed by atoms with Gasteiger partial charge in [0, 0.05) is 30.0 Å². The number of nitrogens with zero attached hydrogens (tertiary/aromatic N) is 4. The minimum Gasteiger partial charge on any atom is -0.494 e. The zero-order valence-corrected chi connectivity index (χ0v) is 25.1. The number of rotatable bonds is 8. The molecular formula is C31H30N4O5S2. The van der Waals surface area contributed by atoms with Gasteiger partial charge in [0.2, 0.25) is 0 Å². The first-order valence-corrected chi connectivity index (χ1v) is 14.8. The van der Waals surface area contributed by atoms with Crippen molar-refractivity contribution in [1.29, 1.82) is 0 Å². The van der Waals surface area contributed by atoms with Crippen LogP contribution in [0.4, 0.5) is 11.4 Å². The van der Waals surface area contributed by atoms with Gasteiger partial charge in [-0.3, -0.25) is 28.8 Å². The maximum absolute atomic E-state index is 13.8. The molecule has 0 aliphatic carbocycles. The Labute approximate surface area is 252 Å². The summed E-state index contributed by atoms with van der Waals surface area (Å²) in [5.41, 5.74) is 3.31. The molecule has 42 heavy (non-hydrogen) atoms. The first-order valence-electron chi connectivity index (χ1n) is 13.6. The number of fused-ring (bicyclic) bond motifs is 1. The number of carboxylic acid groups (broad SMARTS) is 1. The zero-order chi connectivity index (χ0) is 30.0. The fourth-order valence-corrected chi connectivity index (χ4v) is 6.55. The Balaban J connectivity index is 1.63. The second-order valence-corrected chi connectivity index (χ2v) is 10.8. The van der Waals surface area contributed by atoms with Gasteiger partial charge in [-0.2, -0.15) is 0 Å². The lowest BCUT2D eigenvalue weighted by Crippen LogP contribution is -2.37. The van der Waals surface area contributed by atoms with Crippen LogP contribution >= 0.6 is 23.6 Å². The Morgan fingerprint density at radius 1 is 1.00 bits per heavy atom. The number of aromatic nitrogens is 1. The lowest BCUT2D eigenvalue weighted by Gasteiger charge is -2.29. The van der Waals surface area contributed by atoms with Crippen molar-refractivity contribution >= 4 is 69.8 Å². The summed E-state index contributed by atoms with van der Waals surface area (Å²) >= 11 is 6.72. The third-order valence-electron chi connectivity index (χ3n) is 6.90. The van der Waals surface area contributed by atoms with Crippen molar-refractivity contribution < 1.29 is 19.4 Å². The van der Waals surface area contributed by atoms with E-state index in [1.54, 1.807) is 30.3 Å². The fourth-order valence-electron chi connectivity index (χ4n) is 5.05. The van der Waals surface area contributed by atoms with Gasteiger partial charge in [-0.15, -0.1) is 11.3 Å². The van der Waals surface area contributed by atoms with Gasteiger partial charge in [-0.25, -0.2) is 0 Å². The van der Waals surface area contributed by atoms with E-state index >= 15 is 0 Å². The van der Waals surface area contributed by atoms with Crippen LogP contribution in [0.1, 0.15) is 26.3 Å². The minimum absolute atomic E-state index is 0.0526. The van der Waals surface area contributed by atoms with Gasteiger partial charge in [0.25, 0.3) is 11.5 Å². The van der Waals surface area contributed by atoms with Crippen molar-refractivity contribution in [2.75, 3.05) is 29.5 Å². The number of likely N-dealkylation sites (N-methyl/N-ethyl adjacent to an activating group) is 1. The Morgan fingerprint density at radius 3 is 2.43 bits per heavy atom. The highest BCUT2D eigenvalue weighted by atomic mass is 32.1. The Bertz CT molecular complexity index is 1810. The summed E-state index contributed by atoms with van der Waals surface area (Å²) < 4.78 is 7.92. The Morgan fingerprint density at radius 2 is 1.76 bits per heavy atom. The molecule has 1 aromatic heterocycles. The summed E-state index contributed by atoms with van der Waals surface area (Å²) in [5, 5.41) is 9.69. The normalized spacial score (nSPS) is 17.5. The Hall–Kier alpha value is -4.48. The smallest absolute Gasteiger partial charge is 0.323 e. The SMILES string of the molecule is CCOc1ccc2c(c1)C=CC(=CC=c1sc(=C3C(=O)N(c4ccccc4)C(=S)N3CC(=O)O)n(CC)c1=O)N2CC. The monoisotopic (exact) mass is 602 g/mol. The summed E-state index contributed by atoms with van der Waals surface area (Å²) in [6, 6.07) is 14.8. The Kier molecular flexibility index (Phi) is 8.41. The van der Waals surface area contributed by atoms with Crippen molar-refractivity contribution in [3.8, 4) is 5.75 Å². The second-order valence-electron chi connectivity index (χ2n) is 9.40. The van der Waals surface area contributed by atoms with Gasteiger partial charge >= 0.3 is 5.97 Å². The summed E-state index contributed by atoms with van der Waals surface area (Å²) in [4.78, 5) is 43.8. The number of benzene rings is 2. The number of thiazole rings is 1. The van der Waals surface area contributed by atoms with Crippen LogP contribution in [0.5, 0.6) is 5.75 Å². The molecule has 1 N–H and O–H groups in total. The van der Waals surface area contributed by atoms with Crippen molar-refractivity contribution in [1.82, 2.24) is 9.47 Å². The van der Waals surface area contributed by atoms with Crippen molar-refractivity contribution in [2.45, 2.75) is 27.3 Å². The molecule has 0 bridgehead atoms. The van der Waals surface area contributed by atoms with Gasteiger partial charge in [0.1, 0.15) is 22.7 Å². The molecule has 11 heteroatoms. The van der Waals surface area contributed by atoms with Gasteiger partial charge in [0.15, 0.2) is 5.11 Å². The van der Waals surface area contributed by atoms with Crippen molar-refractivity contribution in [2.24, 2.45) is 0 Å². The molecule has 0 saturated carbocycles. The molecule has 0 radical (unpaired) electrons. The highest BCUT2D eigenvalue weighted by Crippen LogP contribution is 2.33. The van der Waals surface area contributed by atoms with E-state index in [1.165, 1.54) is 14.4 Å².